The van der Waals surface area contributed by atoms with Crippen LogP contribution in [0.25, 0.3) is 0 Å². The van der Waals surface area contributed by atoms with Crippen molar-refractivity contribution in [3.8, 4) is 0 Å². The van der Waals surface area contributed by atoms with Crippen LogP contribution < -0.4 is 80.9 Å². The Morgan fingerprint density at radius 1 is 1.06 bits per heavy atom. The zero-order valence-corrected chi connectivity index (χ0v) is 15.5. The molecule has 0 aliphatic heterocycles. The summed E-state index contributed by atoms with van der Waals surface area (Å²) in [6.07, 6.45) is 0. The van der Waals surface area contributed by atoms with E-state index in [2.05, 4.69) is 3.97 Å². The van der Waals surface area contributed by atoms with Gasteiger partial charge in [0.05, 0.1) is 0 Å². The Morgan fingerprint density at radius 2 is 1.24 bits per heavy atom. The maximum atomic E-state index is 9.54. The quantitative estimate of drug-likeness (QED) is 0.204. The van der Waals surface area contributed by atoms with E-state index in [0.717, 1.165) is 0 Å². The molecule has 0 aromatic carbocycles. The topological polar surface area (TPSA) is 204 Å². The molecule has 0 aromatic heterocycles. The first-order chi connectivity index (χ1) is 5.71. The average molecular weight is 363 g/mol. The van der Waals surface area contributed by atoms with Crippen LogP contribution in [-0.2, 0) is 29.3 Å². The Bertz CT molecular complexity index is 402. The van der Waals surface area contributed by atoms with Gasteiger partial charge in [-0.25, -0.2) is 13.0 Å². The molecule has 2 N–H and O–H groups in total. The van der Waals surface area contributed by atoms with Gasteiger partial charge in [-0.3, -0.25) is 8.42 Å². The van der Waals surface area contributed by atoms with E-state index in [1.165, 1.54) is 0 Å². The number of rotatable bonds is 2. The molecule has 0 amide bonds. The molecule has 0 saturated carbocycles. The largest absolute Gasteiger partial charge is 1.00 e. The Labute approximate surface area is 179 Å². The average Bonchev–Trinajstić information content (AvgIpc) is 1.42. The summed E-state index contributed by atoms with van der Waals surface area (Å²) in [5, 5.41) is 0. The molecule has 0 aromatic rings. The van der Waals surface area contributed by atoms with Gasteiger partial charge in [0.2, 0.25) is 10.4 Å². The maximum Gasteiger partial charge on any atom is 1.00 e. The van der Waals surface area contributed by atoms with E-state index < -0.39 is 28.6 Å². The summed E-state index contributed by atoms with van der Waals surface area (Å²) in [6, 6.07) is 0. The van der Waals surface area contributed by atoms with Crippen LogP contribution >= 0.6 is 7.82 Å². The van der Waals surface area contributed by atoms with Crippen LogP contribution in [0.1, 0.15) is 1.43 Å². The number of hydrogen-bond acceptors (Lipinski definition) is 9. The number of phosphoric acid groups is 1. The van der Waals surface area contributed by atoms with Crippen LogP contribution in [0, 0.1) is 0 Å². The third-order valence-electron chi connectivity index (χ3n) is 0.188. The van der Waals surface area contributed by atoms with Gasteiger partial charge >= 0.3 is 113 Å². The summed E-state index contributed by atoms with van der Waals surface area (Å²) in [6.45, 7) is 0. The summed E-state index contributed by atoms with van der Waals surface area (Å²) in [5.41, 5.74) is 0. The monoisotopic (exact) mass is 362 g/mol. The summed E-state index contributed by atoms with van der Waals surface area (Å²) < 4.78 is 74.5. The van der Waals surface area contributed by atoms with Crippen molar-refractivity contribution in [3.05, 3.63) is 0 Å². The first kappa shape index (κ1) is 32.3. The molecule has 11 nitrogen and oxygen atoms in total. The molecular formula is H5KMgNaO11PS2. The molecule has 0 saturated heterocycles. The van der Waals surface area contributed by atoms with E-state index in [9.17, 15) is 17.5 Å². The van der Waals surface area contributed by atoms with Crippen LogP contribution in [0.4, 0.5) is 0 Å². The molecule has 0 rings (SSSR count). The second-order valence-electron chi connectivity index (χ2n) is 1.38. The van der Waals surface area contributed by atoms with Gasteiger partial charge < -0.3 is 23.4 Å². The molecule has 0 fully saturated rings. The van der Waals surface area contributed by atoms with E-state index in [1.807, 2.05) is 0 Å². The van der Waals surface area contributed by atoms with Crippen LogP contribution in [0.2, 0.25) is 0 Å². The molecule has 0 spiro atoms. The molecule has 0 atom stereocenters. The molecule has 17 heavy (non-hydrogen) atoms. The second-order valence-corrected chi connectivity index (χ2v) is 4.59. The van der Waals surface area contributed by atoms with Crippen molar-refractivity contribution < 1.29 is 131 Å². The van der Waals surface area contributed by atoms with Crippen LogP contribution in [0.5, 0.6) is 0 Å². The van der Waals surface area contributed by atoms with Crippen molar-refractivity contribution >= 4 is 51.7 Å². The van der Waals surface area contributed by atoms with Gasteiger partial charge in [0.15, 0.2) is 0 Å². The Morgan fingerprint density at radius 3 is 1.24 bits per heavy atom. The minimum atomic E-state index is -5.29. The van der Waals surface area contributed by atoms with Crippen LogP contribution in [-0.4, -0.2) is 63.3 Å². The van der Waals surface area contributed by atoms with Crippen LogP contribution in [0.3, 0.4) is 0 Å². The SMILES string of the molecule is O=P(O)(O)OS(=O)(=O)[O-].O=S(=O)([O-])[O-].[H+].[K+].[MgH2].[Na+]. The van der Waals surface area contributed by atoms with E-state index >= 15 is 0 Å². The summed E-state index contributed by atoms with van der Waals surface area (Å²) >= 11 is 0. The van der Waals surface area contributed by atoms with Crippen molar-refractivity contribution in [1.82, 2.24) is 0 Å². The standard InChI is InChI=1S/K.Mg.Na.H3O7PS.H2O4S.2H/c;;;1-8(2,3)7-9(4,5)6;1-5(2,3)4;;/h;;;(H2,1,2,3)(H,4,5,6);(H2,1,2,3,4);;/q+1;;+1;;;;/p-2. The summed E-state index contributed by atoms with van der Waals surface area (Å²) in [5.74, 6) is 0. The Balaban J connectivity index is -0.0000000359. The molecule has 0 heterocycles. The van der Waals surface area contributed by atoms with Gasteiger partial charge in [-0.15, -0.1) is 0 Å². The first-order valence-corrected chi connectivity index (χ1v) is 6.30. The van der Waals surface area contributed by atoms with Gasteiger partial charge in [0, 0.05) is 10.4 Å². The fourth-order valence-electron chi connectivity index (χ4n) is 0.119. The van der Waals surface area contributed by atoms with Gasteiger partial charge in [-0.05, 0) is 0 Å². The normalized spacial score (nSPS) is 10.6. The molecule has 92 valence electrons. The Kier molecular flexibility index (Phi) is 24.7. The molecule has 0 aliphatic rings. The maximum absolute atomic E-state index is 9.54. The fourth-order valence-corrected chi connectivity index (χ4v) is 1.07. The predicted molar refractivity (Wildman–Crippen MR) is 43.0 cm³/mol. The number of hydrogen-bond donors (Lipinski definition) is 2. The molecular weight excluding hydrogens is 357 g/mol. The van der Waals surface area contributed by atoms with Crippen molar-refractivity contribution in [1.29, 1.82) is 0 Å². The molecule has 0 bridgehead atoms. The van der Waals surface area contributed by atoms with Gasteiger partial charge in [0.25, 0.3) is 0 Å². The summed E-state index contributed by atoms with van der Waals surface area (Å²) in [7, 11) is -15.6. The fraction of sp³-hybridized carbons (Fsp3) is 0. The zero-order chi connectivity index (χ0) is 12.2. The summed E-state index contributed by atoms with van der Waals surface area (Å²) in [4.78, 5) is 15.3. The van der Waals surface area contributed by atoms with E-state index in [0.29, 0.717) is 0 Å². The van der Waals surface area contributed by atoms with Crippen molar-refractivity contribution in [2.75, 3.05) is 0 Å². The minimum Gasteiger partial charge on any atom is -0.759 e. The third kappa shape index (κ3) is 66.8. The van der Waals surface area contributed by atoms with Gasteiger partial charge in [-0.2, -0.15) is 3.97 Å². The molecule has 0 aliphatic carbocycles. The first-order valence-electron chi connectivity index (χ1n) is 2.10. The predicted octanol–water partition coefficient (Wildman–Crippen LogP) is -9.58. The second kappa shape index (κ2) is 13.0. The van der Waals surface area contributed by atoms with Gasteiger partial charge in [-0.1, -0.05) is 0 Å². The molecule has 0 unspecified atom stereocenters. The zero-order valence-electron chi connectivity index (χ0n) is 8.83. The van der Waals surface area contributed by atoms with E-state index in [1.54, 1.807) is 0 Å². The van der Waals surface area contributed by atoms with Crippen molar-refractivity contribution in [2.45, 2.75) is 0 Å². The van der Waals surface area contributed by atoms with Crippen molar-refractivity contribution in [2.24, 2.45) is 0 Å². The third-order valence-corrected chi connectivity index (χ3v) is 1.70. The molecule has 17 heteroatoms. The molecule has 0 radical (unpaired) electrons. The minimum absolute atomic E-state index is 0. The van der Waals surface area contributed by atoms with Crippen LogP contribution in [0.15, 0.2) is 0 Å². The smallest absolute Gasteiger partial charge is 0.759 e. The Hall–Kier alpha value is 3.29. The van der Waals surface area contributed by atoms with Gasteiger partial charge in [0.1, 0.15) is 0 Å². The van der Waals surface area contributed by atoms with E-state index in [-0.39, 0.29) is 105 Å². The van der Waals surface area contributed by atoms with E-state index in [4.69, 9.17) is 27.3 Å². The van der Waals surface area contributed by atoms with Crippen molar-refractivity contribution in [3.63, 3.8) is 0 Å².